The van der Waals surface area contributed by atoms with Crippen molar-refractivity contribution in [1.29, 1.82) is 0 Å². The van der Waals surface area contributed by atoms with Gasteiger partial charge in [0.25, 0.3) is 5.69 Å². The molecule has 0 saturated heterocycles. The van der Waals surface area contributed by atoms with Crippen molar-refractivity contribution in [3.8, 4) is 11.5 Å². The topological polar surface area (TPSA) is 64.4 Å². The molecule has 2 rings (SSSR count). The summed E-state index contributed by atoms with van der Waals surface area (Å²) in [6.07, 6.45) is 0. The van der Waals surface area contributed by atoms with Gasteiger partial charge in [-0.3, -0.25) is 10.1 Å². The molecular weight excluding hydrogens is 360 g/mol. The Balaban J connectivity index is 2.39. The van der Waals surface area contributed by atoms with Crippen molar-refractivity contribution in [1.82, 2.24) is 5.32 Å². The second kappa shape index (κ2) is 6.89. The van der Waals surface area contributed by atoms with E-state index in [0.29, 0.717) is 27.5 Å². The lowest BCUT2D eigenvalue weighted by Crippen LogP contribution is -2.06. The van der Waals surface area contributed by atoms with Crippen LogP contribution in [-0.2, 0) is 6.54 Å². The van der Waals surface area contributed by atoms with E-state index in [0.717, 1.165) is 5.56 Å². The van der Waals surface area contributed by atoms with Crippen LogP contribution in [0.4, 0.5) is 5.69 Å². The van der Waals surface area contributed by atoms with Gasteiger partial charge in [-0.2, -0.15) is 0 Å². The molecule has 0 aliphatic heterocycles. The Hall–Kier alpha value is -1.63. The number of hydrogen-bond acceptors (Lipinski definition) is 4. The second-order valence-corrected chi connectivity index (χ2v) is 5.46. The van der Waals surface area contributed by atoms with Crippen molar-refractivity contribution in [3.63, 3.8) is 0 Å². The lowest BCUT2D eigenvalue weighted by atomic mass is 10.2. The first-order valence-corrected chi connectivity index (χ1v) is 7.24. The van der Waals surface area contributed by atoms with Crippen LogP contribution >= 0.6 is 27.5 Å². The van der Waals surface area contributed by atoms with Crippen LogP contribution in [-0.4, -0.2) is 12.0 Å². The maximum absolute atomic E-state index is 10.9. The fourth-order valence-electron chi connectivity index (χ4n) is 1.81. The number of nitro groups is 1. The van der Waals surface area contributed by atoms with Gasteiger partial charge in [0, 0.05) is 23.2 Å². The summed E-state index contributed by atoms with van der Waals surface area (Å²) in [5.74, 6) is 0.971. The fourth-order valence-corrected chi connectivity index (χ4v) is 2.50. The monoisotopic (exact) mass is 370 g/mol. The SMILES string of the molecule is CNCc1cc(Cl)ccc1Oc1cccc([N+](=O)[O-])c1Br. The number of halogens is 2. The molecular formula is C14H12BrClN2O3. The van der Waals surface area contributed by atoms with Crippen molar-refractivity contribution in [2.45, 2.75) is 6.54 Å². The number of ether oxygens (including phenoxy) is 1. The summed E-state index contributed by atoms with van der Waals surface area (Å²) in [7, 11) is 1.81. The smallest absolute Gasteiger partial charge is 0.287 e. The molecule has 0 spiro atoms. The van der Waals surface area contributed by atoms with E-state index >= 15 is 0 Å². The quantitative estimate of drug-likeness (QED) is 0.620. The van der Waals surface area contributed by atoms with Gasteiger partial charge in [0.2, 0.25) is 0 Å². The summed E-state index contributed by atoms with van der Waals surface area (Å²) >= 11 is 9.18. The van der Waals surface area contributed by atoms with E-state index in [1.54, 1.807) is 30.3 Å². The van der Waals surface area contributed by atoms with Gasteiger partial charge < -0.3 is 10.1 Å². The highest BCUT2D eigenvalue weighted by atomic mass is 79.9. The molecule has 0 heterocycles. The van der Waals surface area contributed by atoms with Crippen LogP contribution in [0.15, 0.2) is 40.9 Å². The molecule has 0 radical (unpaired) electrons. The van der Waals surface area contributed by atoms with Crippen LogP contribution in [0.2, 0.25) is 5.02 Å². The molecule has 1 N–H and O–H groups in total. The fraction of sp³-hybridized carbons (Fsp3) is 0.143. The molecule has 0 bridgehead atoms. The highest BCUT2D eigenvalue weighted by Gasteiger charge is 2.17. The molecule has 0 unspecified atom stereocenters. The van der Waals surface area contributed by atoms with Gasteiger partial charge in [0.1, 0.15) is 16.0 Å². The lowest BCUT2D eigenvalue weighted by molar-refractivity contribution is -0.385. The number of rotatable bonds is 5. The molecule has 7 heteroatoms. The van der Waals surface area contributed by atoms with Crippen LogP contribution in [0.3, 0.4) is 0 Å². The molecule has 0 fully saturated rings. The van der Waals surface area contributed by atoms with Crippen LogP contribution < -0.4 is 10.1 Å². The van der Waals surface area contributed by atoms with Gasteiger partial charge >= 0.3 is 0 Å². The first-order chi connectivity index (χ1) is 10.0. The van der Waals surface area contributed by atoms with E-state index in [9.17, 15) is 10.1 Å². The third-order valence-electron chi connectivity index (χ3n) is 2.75. The molecule has 2 aromatic carbocycles. The van der Waals surface area contributed by atoms with Gasteiger partial charge in [-0.1, -0.05) is 17.7 Å². The van der Waals surface area contributed by atoms with E-state index in [1.807, 2.05) is 7.05 Å². The van der Waals surface area contributed by atoms with Crippen LogP contribution in [0.25, 0.3) is 0 Å². The van der Waals surface area contributed by atoms with Crippen LogP contribution in [0, 0.1) is 10.1 Å². The molecule has 5 nitrogen and oxygen atoms in total. The number of nitro benzene ring substituents is 1. The van der Waals surface area contributed by atoms with Crippen molar-refractivity contribution < 1.29 is 9.66 Å². The first kappa shape index (κ1) is 15.8. The van der Waals surface area contributed by atoms with Crippen molar-refractivity contribution in [2.75, 3.05) is 7.05 Å². The molecule has 0 aliphatic carbocycles. The molecule has 0 amide bonds. The zero-order chi connectivity index (χ0) is 15.4. The van der Waals surface area contributed by atoms with Gasteiger partial charge in [-0.05, 0) is 47.2 Å². The first-order valence-electron chi connectivity index (χ1n) is 6.06. The average Bonchev–Trinajstić information content (AvgIpc) is 2.44. The van der Waals surface area contributed by atoms with Gasteiger partial charge in [0.05, 0.1) is 4.92 Å². The standard InChI is InChI=1S/C14H12BrClN2O3/c1-17-8-9-7-10(16)5-6-12(9)21-13-4-2-3-11(14(13)15)18(19)20/h2-7,17H,8H2,1H3. The zero-order valence-corrected chi connectivity index (χ0v) is 13.4. The highest BCUT2D eigenvalue weighted by Crippen LogP contribution is 2.37. The van der Waals surface area contributed by atoms with Crippen molar-refractivity contribution >= 4 is 33.2 Å². The second-order valence-electron chi connectivity index (χ2n) is 4.23. The van der Waals surface area contributed by atoms with Crippen LogP contribution in [0.5, 0.6) is 11.5 Å². The summed E-state index contributed by atoms with van der Waals surface area (Å²) in [5, 5.41) is 14.6. The Morgan fingerprint density at radius 3 is 2.76 bits per heavy atom. The average molecular weight is 372 g/mol. The Kier molecular flexibility index (Phi) is 5.17. The number of benzene rings is 2. The zero-order valence-electron chi connectivity index (χ0n) is 11.1. The predicted molar refractivity (Wildman–Crippen MR) is 85.1 cm³/mol. The highest BCUT2D eigenvalue weighted by molar-refractivity contribution is 9.10. The molecule has 21 heavy (non-hydrogen) atoms. The minimum atomic E-state index is -0.465. The Labute approximate surface area is 135 Å². The van der Waals surface area contributed by atoms with E-state index in [2.05, 4.69) is 21.2 Å². The Morgan fingerprint density at radius 2 is 2.10 bits per heavy atom. The number of nitrogens with one attached hydrogen (secondary N) is 1. The largest absolute Gasteiger partial charge is 0.456 e. The third-order valence-corrected chi connectivity index (χ3v) is 3.78. The summed E-state index contributed by atoms with van der Waals surface area (Å²) in [4.78, 5) is 10.5. The number of hydrogen-bond donors (Lipinski definition) is 1. The molecule has 110 valence electrons. The Morgan fingerprint density at radius 1 is 1.33 bits per heavy atom. The van der Waals surface area contributed by atoms with Crippen molar-refractivity contribution in [2.24, 2.45) is 0 Å². The lowest BCUT2D eigenvalue weighted by Gasteiger charge is -2.12. The maximum atomic E-state index is 10.9. The van der Waals surface area contributed by atoms with E-state index in [4.69, 9.17) is 16.3 Å². The van der Waals surface area contributed by atoms with E-state index in [1.165, 1.54) is 6.07 Å². The van der Waals surface area contributed by atoms with Gasteiger partial charge in [-0.25, -0.2) is 0 Å². The van der Waals surface area contributed by atoms with E-state index < -0.39 is 4.92 Å². The minimum Gasteiger partial charge on any atom is -0.456 e. The van der Waals surface area contributed by atoms with Crippen molar-refractivity contribution in [3.05, 3.63) is 61.6 Å². The minimum absolute atomic E-state index is 0.0448. The summed E-state index contributed by atoms with van der Waals surface area (Å²) in [6.45, 7) is 0.572. The molecule has 2 aromatic rings. The van der Waals surface area contributed by atoms with Gasteiger partial charge in [0.15, 0.2) is 0 Å². The Bertz CT molecular complexity index is 679. The van der Waals surface area contributed by atoms with E-state index in [-0.39, 0.29) is 5.69 Å². The maximum Gasteiger partial charge on any atom is 0.287 e. The third kappa shape index (κ3) is 3.72. The van der Waals surface area contributed by atoms with Crippen LogP contribution in [0.1, 0.15) is 5.56 Å². The molecule has 0 aliphatic rings. The summed E-state index contributed by atoms with van der Waals surface area (Å²) in [6, 6.07) is 9.88. The predicted octanol–water partition coefficient (Wildman–Crippen LogP) is 4.52. The number of nitrogens with zero attached hydrogens (tertiary/aromatic N) is 1. The molecule has 0 atom stereocenters. The normalized spacial score (nSPS) is 10.4. The van der Waals surface area contributed by atoms with Gasteiger partial charge in [-0.15, -0.1) is 0 Å². The summed E-state index contributed by atoms with van der Waals surface area (Å²) in [5.41, 5.74) is 0.819. The molecule has 0 saturated carbocycles. The summed E-state index contributed by atoms with van der Waals surface area (Å²) < 4.78 is 6.09. The molecule has 0 aromatic heterocycles.